The largest absolute Gasteiger partial charge is 0.494 e. The maximum absolute atomic E-state index is 14.1. The highest BCUT2D eigenvalue weighted by Gasteiger charge is 2.30. The van der Waals surface area contributed by atoms with Gasteiger partial charge in [0.1, 0.15) is 10.6 Å². The molecule has 3 aromatic carbocycles. The highest BCUT2D eigenvalue weighted by Crippen LogP contribution is 2.38. The van der Waals surface area contributed by atoms with Crippen LogP contribution in [0.2, 0.25) is 5.02 Å². The van der Waals surface area contributed by atoms with Crippen LogP contribution in [-0.2, 0) is 6.54 Å². The molecule has 1 fully saturated rings. The number of thiophene rings is 1. The average Bonchev–Trinajstić information content (AvgIpc) is 3.29. The fourth-order valence-electron chi connectivity index (χ4n) is 5.17. The van der Waals surface area contributed by atoms with Crippen LogP contribution in [-0.4, -0.2) is 23.5 Å². The number of fused-ring (bicyclic) bond motifs is 1. The van der Waals surface area contributed by atoms with Gasteiger partial charge in [-0.3, -0.25) is 4.79 Å². The Morgan fingerprint density at radius 1 is 1.05 bits per heavy atom. The molecule has 1 amide bonds. The Labute approximate surface area is 227 Å². The van der Waals surface area contributed by atoms with E-state index in [4.69, 9.17) is 16.3 Å². The number of halogens is 1. The maximum Gasteiger partial charge on any atom is 0.266 e. The van der Waals surface area contributed by atoms with Gasteiger partial charge in [0, 0.05) is 28.2 Å². The number of carbonyl (C=O) groups excluding carboxylic acids is 1. The van der Waals surface area contributed by atoms with Crippen LogP contribution in [0.25, 0.3) is 21.2 Å². The molecule has 1 aliphatic rings. The van der Waals surface area contributed by atoms with E-state index in [1.54, 1.807) is 6.07 Å². The second-order valence-corrected chi connectivity index (χ2v) is 10.8. The number of nitrogens with zero attached hydrogens (tertiary/aromatic N) is 2. The molecule has 0 bridgehead atoms. The van der Waals surface area contributed by atoms with Crippen LogP contribution < -0.4 is 4.74 Å². The topological polar surface area (TPSA) is 53.3 Å². The summed E-state index contributed by atoms with van der Waals surface area (Å²) in [5.41, 5.74) is 3.53. The number of amides is 1. The number of nitriles is 1. The lowest BCUT2D eigenvalue weighted by Gasteiger charge is -2.35. The van der Waals surface area contributed by atoms with Gasteiger partial charge in [-0.2, -0.15) is 5.26 Å². The van der Waals surface area contributed by atoms with E-state index in [2.05, 4.69) is 12.1 Å². The minimum Gasteiger partial charge on any atom is -0.494 e. The fraction of sp³-hybridized carbons (Fsp3) is 0.290. The monoisotopic (exact) mass is 528 g/mol. The molecule has 0 aliphatic heterocycles. The summed E-state index contributed by atoms with van der Waals surface area (Å²) in [6.07, 6.45) is 5.42. The molecule has 1 saturated carbocycles. The third-order valence-corrected chi connectivity index (χ3v) is 8.69. The second kappa shape index (κ2) is 11.4. The van der Waals surface area contributed by atoms with Crippen LogP contribution in [0.5, 0.6) is 5.75 Å². The van der Waals surface area contributed by atoms with Crippen molar-refractivity contribution in [3.8, 4) is 22.9 Å². The molecular formula is C31H29ClN2O2S. The van der Waals surface area contributed by atoms with E-state index in [1.165, 1.54) is 17.8 Å². The summed E-state index contributed by atoms with van der Waals surface area (Å²) in [7, 11) is 0. The minimum absolute atomic E-state index is 0.0163. The first-order valence-electron chi connectivity index (χ1n) is 12.8. The summed E-state index contributed by atoms with van der Waals surface area (Å²) < 4.78 is 7.03. The lowest BCUT2D eigenvalue weighted by molar-refractivity contribution is 0.0617. The summed E-state index contributed by atoms with van der Waals surface area (Å²) in [5.74, 6) is 0.760. The zero-order chi connectivity index (χ0) is 25.8. The van der Waals surface area contributed by atoms with Gasteiger partial charge in [0.15, 0.2) is 0 Å². The van der Waals surface area contributed by atoms with E-state index in [-0.39, 0.29) is 11.9 Å². The van der Waals surface area contributed by atoms with Crippen LogP contribution in [0.3, 0.4) is 0 Å². The number of ether oxygens (including phenoxy) is 1. The normalized spacial score (nSPS) is 13.9. The van der Waals surface area contributed by atoms with Crippen molar-refractivity contribution in [2.24, 2.45) is 0 Å². The van der Waals surface area contributed by atoms with Gasteiger partial charge in [-0.1, -0.05) is 67.3 Å². The quantitative estimate of drug-likeness (QED) is 0.242. The SMILES string of the molecule is CCOc1ccc(-c2cccc(C#N)c2)cc1CN(C(=O)c1sc2ccccc2c1Cl)C1CCCCC1. The van der Waals surface area contributed by atoms with Crippen molar-refractivity contribution in [2.45, 2.75) is 51.6 Å². The first-order chi connectivity index (χ1) is 18.1. The lowest BCUT2D eigenvalue weighted by Crippen LogP contribution is -2.40. The van der Waals surface area contributed by atoms with Gasteiger partial charge in [-0.05, 0) is 61.2 Å². The van der Waals surface area contributed by atoms with Crippen LogP contribution in [0.15, 0.2) is 66.7 Å². The molecule has 188 valence electrons. The standard InChI is InChI=1S/C31H29ClN2O2S/c1-2-36-27-16-15-23(22-10-8-9-21(17-22)19-33)18-24(27)20-34(25-11-4-3-5-12-25)31(35)30-29(32)26-13-6-7-14-28(26)37-30/h6-10,13-18,25H,2-5,11-12,20H2,1H3. The van der Waals surface area contributed by atoms with Gasteiger partial charge in [0.2, 0.25) is 0 Å². The molecule has 1 heterocycles. The molecule has 0 N–H and O–H groups in total. The third kappa shape index (κ3) is 5.37. The summed E-state index contributed by atoms with van der Waals surface area (Å²) in [4.78, 5) is 16.7. The van der Waals surface area contributed by atoms with Gasteiger partial charge in [0.25, 0.3) is 5.91 Å². The Balaban J connectivity index is 1.55. The van der Waals surface area contributed by atoms with Gasteiger partial charge >= 0.3 is 0 Å². The van der Waals surface area contributed by atoms with Crippen molar-refractivity contribution < 1.29 is 9.53 Å². The zero-order valence-corrected chi connectivity index (χ0v) is 22.4. The van der Waals surface area contributed by atoms with Gasteiger partial charge in [-0.15, -0.1) is 11.3 Å². The summed E-state index contributed by atoms with van der Waals surface area (Å²) in [6, 6.07) is 24.0. The molecule has 0 atom stereocenters. The smallest absolute Gasteiger partial charge is 0.266 e. The van der Waals surface area contributed by atoms with Crippen LogP contribution in [0, 0.1) is 11.3 Å². The maximum atomic E-state index is 14.1. The molecule has 0 spiro atoms. The molecule has 0 saturated heterocycles. The molecule has 0 radical (unpaired) electrons. The van der Waals surface area contributed by atoms with Crippen molar-refractivity contribution >= 4 is 38.9 Å². The van der Waals surface area contributed by atoms with Gasteiger partial charge < -0.3 is 9.64 Å². The Morgan fingerprint density at radius 2 is 1.84 bits per heavy atom. The zero-order valence-electron chi connectivity index (χ0n) is 20.9. The van der Waals surface area contributed by atoms with E-state index < -0.39 is 0 Å². The van der Waals surface area contributed by atoms with E-state index in [0.29, 0.717) is 28.6 Å². The Kier molecular flexibility index (Phi) is 7.79. The number of benzene rings is 3. The van der Waals surface area contributed by atoms with Crippen molar-refractivity contribution in [2.75, 3.05) is 6.61 Å². The van der Waals surface area contributed by atoms with Crippen molar-refractivity contribution in [3.05, 3.63) is 87.8 Å². The Bertz CT molecular complexity index is 1470. The molecule has 4 nitrogen and oxygen atoms in total. The Morgan fingerprint density at radius 3 is 2.59 bits per heavy atom. The number of carbonyl (C=O) groups is 1. The minimum atomic E-state index is -0.0163. The fourth-order valence-corrected chi connectivity index (χ4v) is 6.64. The third-order valence-electron chi connectivity index (χ3n) is 7.03. The highest BCUT2D eigenvalue weighted by molar-refractivity contribution is 7.21. The predicted molar refractivity (Wildman–Crippen MR) is 151 cm³/mol. The molecule has 4 aromatic rings. The number of rotatable bonds is 7. The predicted octanol–water partition coefficient (Wildman–Crippen LogP) is 8.47. The first-order valence-corrected chi connectivity index (χ1v) is 14.0. The van der Waals surface area contributed by atoms with Crippen LogP contribution in [0.4, 0.5) is 0 Å². The molecular weight excluding hydrogens is 500 g/mol. The lowest BCUT2D eigenvalue weighted by atomic mass is 9.93. The highest BCUT2D eigenvalue weighted by atomic mass is 35.5. The average molecular weight is 529 g/mol. The van der Waals surface area contributed by atoms with Crippen molar-refractivity contribution in [1.29, 1.82) is 5.26 Å². The second-order valence-electron chi connectivity index (χ2n) is 9.41. The number of hydrogen-bond acceptors (Lipinski definition) is 4. The van der Waals surface area contributed by atoms with E-state index in [1.807, 2.05) is 66.4 Å². The molecule has 0 unspecified atom stereocenters. The molecule has 1 aromatic heterocycles. The van der Waals surface area contributed by atoms with E-state index in [0.717, 1.165) is 58.2 Å². The van der Waals surface area contributed by atoms with Gasteiger partial charge in [-0.25, -0.2) is 0 Å². The van der Waals surface area contributed by atoms with Crippen molar-refractivity contribution in [1.82, 2.24) is 4.90 Å². The summed E-state index contributed by atoms with van der Waals surface area (Å²) in [5, 5.41) is 10.8. The van der Waals surface area contributed by atoms with Crippen LogP contribution in [0.1, 0.15) is 59.8 Å². The summed E-state index contributed by atoms with van der Waals surface area (Å²) >= 11 is 8.23. The molecule has 6 heteroatoms. The summed E-state index contributed by atoms with van der Waals surface area (Å²) in [6.45, 7) is 2.94. The van der Waals surface area contributed by atoms with Gasteiger partial charge in [0.05, 0.1) is 23.3 Å². The molecule has 1 aliphatic carbocycles. The van der Waals surface area contributed by atoms with E-state index in [9.17, 15) is 10.1 Å². The molecule has 5 rings (SSSR count). The Hall–Kier alpha value is -3.33. The molecule has 37 heavy (non-hydrogen) atoms. The van der Waals surface area contributed by atoms with Crippen LogP contribution >= 0.6 is 22.9 Å². The van der Waals surface area contributed by atoms with E-state index >= 15 is 0 Å². The first kappa shape index (κ1) is 25.3. The van der Waals surface area contributed by atoms with Crippen molar-refractivity contribution in [3.63, 3.8) is 0 Å². The number of hydrogen-bond donors (Lipinski definition) is 0.